The van der Waals surface area contributed by atoms with Gasteiger partial charge in [-0.1, -0.05) is 19.8 Å². The molecule has 0 bridgehead atoms. The summed E-state index contributed by atoms with van der Waals surface area (Å²) in [5, 5.41) is 2.96. The molecular formula is C10H17NO. The molecule has 2 heteroatoms. The fourth-order valence-electron chi connectivity index (χ4n) is 2.84. The summed E-state index contributed by atoms with van der Waals surface area (Å²) in [6, 6.07) is 0. The average Bonchev–Trinajstić information content (AvgIpc) is 2.32. The smallest absolute Gasteiger partial charge is 0.220 e. The van der Waals surface area contributed by atoms with Crippen LogP contribution in [0, 0.1) is 11.3 Å². The van der Waals surface area contributed by atoms with Crippen molar-refractivity contribution in [3.8, 4) is 0 Å². The third kappa shape index (κ3) is 1.35. The lowest BCUT2D eigenvalue weighted by molar-refractivity contribution is -0.119. The fraction of sp³-hybridized carbons (Fsp3) is 0.900. The summed E-state index contributed by atoms with van der Waals surface area (Å²) in [5.74, 6) is 1.09. The zero-order valence-corrected chi connectivity index (χ0v) is 7.73. The van der Waals surface area contributed by atoms with Crippen LogP contribution in [0.4, 0.5) is 0 Å². The highest BCUT2D eigenvalue weighted by atomic mass is 16.1. The van der Waals surface area contributed by atoms with E-state index in [0.29, 0.717) is 5.41 Å². The van der Waals surface area contributed by atoms with Crippen LogP contribution in [0.1, 0.15) is 39.0 Å². The number of hydrogen-bond donors (Lipinski definition) is 1. The average molecular weight is 167 g/mol. The molecule has 1 saturated heterocycles. The Labute approximate surface area is 73.7 Å². The van der Waals surface area contributed by atoms with Crippen LogP contribution in [0.3, 0.4) is 0 Å². The Morgan fingerprint density at radius 3 is 3.00 bits per heavy atom. The van der Waals surface area contributed by atoms with Crippen molar-refractivity contribution >= 4 is 5.91 Å². The van der Waals surface area contributed by atoms with Crippen LogP contribution < -0.4 is 5.32 Å². The fourth-order valence-corrected chi connectivity index (χ4v) is 2.84. The van der Waals surface area contributed by atoms with E-state index in [1.54, 1.807) is 0 Å². The first-order valence-corrected chi connectivity index (χ1v) is 4.97. The number of amides is 1. The van der Waals surface area contributed by atoms with E-state index in [1.807, 2.05) is 0 Å². The summed E-state index contributed by atoms with van der Waals surface area (Å²) in [6.07, 6.45) is 5.98. The Morgan fingerprint density at radius 1 is 1.58 bits per heavy atom. The van der Waals surface area contributed by atoms with Gasteiger partial charge in [0.1, 0.15) is 0 Å². The molecule has 1 aliphatic heterocycles. The summed E-state index contributed by atoms with van der Waals surface area (Å²) in [6.45, 7) is 3.25. The Kier molecular flexibility index (Phi) is 1.85. The predicted octanol–water partition coefficient (Wildman–Crippen LogP) is 1.70. The quantitative estimate of drug-likeness (QED) is 0.584. The zero-order valence-electron chi connectivity index (χ0n) is 7.73. The van der Waals surface area contributed by atoms with Gasteiger partial charge in [0.25, 0.3) is 0 Å². The maximum atomic E-state index is 11.1. The van der Waals surface area contributed by atoms with Crippen molar-refractivity contribution in [3.63, 3.8) is 0 Å². The van der Waals surface area contributed by atoms with Crippen LogP contribution in [0.2, 0.25) is 0 Å². The Balaban J connectivity index is 2.05. The number of hydrogen-bond acceptors (Lipinski definition) is 1. The first-order valence-electron chi connectivity index (χ1n) is 4.97. The van der Waals surface area contributed by atoms with Crippen molar-refractivity contribution in [1.82, 2.24) is 5.32 Å². The molecule has 1 heterocycles. The Bertz CT molecular complexity index is 202. The lowest BCUT2D eigenvalue weighted by atomic mass is 9.69. The third-order valence-electron chi connectivity index (χ3n) is 3.38. The predicted molar refractivity (Wildman–Crippen MR) is 47.7 cm³/mol. The standard InChI is InChI=1S/C10H17NO/c1-8-3-2-4-10(5-8)6-9(12)11-7-10/h8H,2-7H2,1H3,(H,11,12)/t8-,10+/m1/s1. The number of rotatable bonds is 0. The van der Waals surface area contributed by atoms with E-state index in [0.717, 1.165) is 18.9 Å². The highest BCUT2D eigenvalue weighted by Gasteiger charge is 2.40. The van der Waals surface area contributed by atoms with E-state index in [4.69, 9.17) is 0 Å². The SMILES string of the molecule is C[C@@H]1CCC[C@]2(CNC(=O)C2)C1. The molecule has 1 amide bonds. The molecule has 1 spiro atoms. The van der Waals surface area contributed by atoms with Crippen LogP contribution in [0.25, 0.3) is 0 Å². The maximum Gasteiger partial charge on any atom is 0.220 e. The van der Waals surface area contributed by atoms with E-state index >= 15 is 0 Å². The summed E-state index contributed by atoms with van der Waals surface area (Å²) in [7, 11) is 0. The van der Waals surface area contributed by atoms with Crippen molar-refractivity contribution in [2.45, 2.75) is 39.0 Å². The van der Waals surface area contributed by atoms with Gasteiger partial charge in [0.2, 0.25) is 5.91 Å². The number of carbonyl (C=O) groups excluding carboxylic acids is 1. The highest BCUT2D eigenvalue weighted by Crippen LogP contribution is 2.43. The lowest BCUT2D eigenvalue weighted by Crippen LogP contribution is -2.29. The molecule has 0 aromatic carbocycles. The van der Waals surface area contributed by atoms with Crippen LogP contribution in [-0.2, 0) is 4.79 Å². The molecule has 2 rings (SSSR count). The molecule has 68 valence electrons. The van der Waals surface area contributed by atoms with Gasteiger partial charge in [-0.25, -0.2) is 0 Å². The van der Waals surface area contributed by atoms with E-state index in [1.165, 1.54) is 25.7 Å². The van der Waals surface area contributed by atoms with Gasteiger partial charge in [-0.05, 0) is 24.2 Å². The van der Waals surface area contributed by atoms with Gasteiger partial charge < -0.3 is 5.32 Å². The van der Waals surface area contributed by atoms with Gasteiger partial charge in [0.05, 0.1) is 0 Å². The molecule has 2 nitrogen and oxygen atoms in total. The summed E-state index contributed by atoms with van der Waals surface area (Å²) < 4.78 is 0. The molecule has 0 aromatic rings. The minimum atomic E-state index is 0.268. The van der Waals surface area contributed by atoms with Crippen molar-refractivity contribution < 1.29 is 4.79 Å². The van der Waals surface area contributed by atoms with Gasteiger partial charge in [0.15, 0.2) is 0 Å². The largest absolute Gasteiger partial charge is 0.356 e. The van der Waals surface area contributed by atoms with Crippen LogP contribution in [0.15, 0.2) is 0 Å². The highest BCUT2D eigenvalue weighted by molar-refractivity contribution is 5.79. The monoisotopic (exact) mass is 167 g/mol. The molecule has 0 unspecified atom stereocenters. The summed E-state index contributed by atoms with van der Waals surface area (Å²) in [5.41, 5.74) is 0.356. The van der Waals surface area contributed by atoms with Crippen molar-refractivity contribution in [1.29, 1.82) is 0 Å². The molecule has 0 aromatic heterocycles. The molecular weight excluding hydrogens is 150 g/mol. The van der Waals surface area contributed by atoms with Gasteiger partial charge in [0, 0.05) is 13.0 Å². The van der Waals surface area contributed by atoms with E-state index < -0.39 is 0 Å². The molecule has 12 heavy (non-hydrogen) atoms. The molecule has 1 aliphatic carbocycles. The van der Waals surface area contributed by atoms with Crippen LogP contribution in [-0.4, -0.2) is 12.5 Å². The molecule has 1 saturated carbocycles. The van der Waals surface area contributed by atoms with E-state index in [2.05, 4.69) is 12.2 Å². The molecule has 2 atom stereocenters. The van der Waals surface area contributed by atoms with E-state index in [-0.39, 0.29) is 5.91 Å². The third-order valence-corrected chi connectivity index (χ3v) is 3.38. The summed E-state index contributed by atoms with van der Waals surface area (Å²) in [4.78, 5) is 11.1. The van der Waals surface area contributed by atoms with E-state index in [9.17, 15) is 4.79 Å². The maximum absolute atomic E-state index is 11.1. The zero-order chi connectivity index (χ0) is 8.60. The Morgan fingerprint density at radius 2 is 2.42 bits per heavy atom. The first-order chi connectivity index (χ1) is 5.70. The molecule has 2 fully saturated rings. The second-order valence-electron chi connectivity index (χ2n) is 4.66. The van der Waals surface area contributed by atoms with Crippen molar-refractivity contribution in [2.24, 2.45) is 11.3 Å². The van der Waals surface area contributed by atoms with Gasteiger partial charge in [-0.2, -0.15) is 0 Å². The van der Waals surface area contributed by atoms with Gasteiger partial charge in [-0.3, -0.25) is 4.79 Å². The van der Waals surface area contributed by atoms with Crippen LogP contribution in [0.5, 0.6) is 0 Å². The first kappa shape index (κ1) is 8.09. The van der Waals surface area contributed by atoms with Crippen molar-refractivity contribution in [2.75, 3.05) is 6.54 Å². The Hall–Kier alpha value is -0.530. The molecule has 1 N–H and O–H groups in total. The molecule has 2 aliphatic rings. The van der Waals surface area contributed by atoms with Crippen molar-refractivity contribution in [3.05, 3.63) is 0 Å². The van der Waals surface area contributed by atoms with Crippen LogP contribution >= 0.6 is 0 Å². The molecule has 0 radical (unpaired) electrons. The lowest BCUT2D eigenvalue weighted by Gasteiger charge is -2.35. The topological polar surface area (TPSA) is 29.1 Å². The minimum absolute atomic E-state index is 0.268. The minimum Gasteiger partial charge on any atom is -0.356 e. The van der Waals surface area contributed by atoms with Gasteiger partial charge in [-0.15, -0.1) is 0 Å². The number of carbonyl (C=O) groups is 1. The second-order valence-corrected chi connectivity index (χ2v) is 4.66. The second kappa shape index (κ2) is 2.75. The summed E-state index contributed by atoms with van der Waals surface area (Å²) >= 11 is 0. The van der Waals surface area contributed by atoms with Gasteiger partial charge >= 0.3 is 0 Å². The normalized spacial score (nSPS) is 41.8. The number of nitrogens with one attached hydrogen (secondary N) is 1.